The number of aryl methyl sites for hydroxylation is 2. The number of amides is 1. The lowest BCUT2D eigenvalue weighted by molar-refractivity contribution is -0.385. The van der Waals surface area contributed by atoms with E-state index in [1.54, 1.807) is 24.0 Å². The van der Waals surface area contributed by atoms with Crippen molar-refractivity contribution < 1.29 is 9.72 Å². The van der Waals surface area contributed by atoms with Gasteiger partial charge in [-0.15, -0.1) is 0 Å². The third-order valence-corrected chi connectivity index (χ3v) is 5.38. The molecule has 3 rings (SSSR count). The molecule has 0 saturated heterocycles. The smallest absolute Gasteiger partial charge is 0.273 e. The molecule has 134 valence electrons. The fourth-order valence-corrected chi connectivity index (χ4v) is 3.87. The molecule has 0 spiro atoms. The first kappa shape index (κ1) is 18.1. The summed E-state index contributed by atoms with van der Waals surface area (Å²) >= 11 is 1.52. The van der Waals surface area contributed by atoms with Crippen molar-refractivity contribution in [2.45, 2.75) is 19.6 Å². The Morgan fingerprint density at radius 2 is 2.00 bits per heavy atom. The number of carbonyl (C=O) groups excluding carboxylic acids is 1. The van der Waals surface area contributed by atoms with Crippen LogP contribution in [0.2, 0.25) is 0 Å². The van der Waals surface area contributed by atoms with Gasteiger partial charge in [0, 0.05) is 29.5 Å². The van der Waals surface area contributed by atoms with Crippen LogP contribution in [-0.4, -0.2) is 34.0 Å². The summed E-state index contributed by atoms with van der Waals surface area (Å²) in [6.07, 6.45) is 0. The monoisotopic (exact) mass is 369 g/mol. The Hall–Kier alpha value is -2.67. The van der Waals surface area contributed by atoms with Gasteiger partial charge in [0.15, 0.2) is 5.17 Å². The second-order valence-corrected chi connectivity index (χ2v) is 7.04. The van der Waals surface area contributed by atoms with E-state index in [-0.39, 0.29) is 11.6 Å². The molecule has 0 aromatic heterocycles. The van der Waals surface area contributed by atoms with Crippen molar-refractivity contribution >= 4 is 28.5 Å². The van der Waals surface area contributed by atoms with E-state index in [1.807, 2.05) is 12.1 Å². The number of nitro benzene ring substituents is 1. The standard InChI is InChI=1S/C19H19N3O3S/c1-13-5-3-4-6-16(13)12-26-19-20-9-10-21(19)18(23)15-8-7-14(2)17(11-15)22(24)25/h3-8,11H,9-10,12H2,1-2H3. The minimum atomic E-state index is -0.460. The van der Waals surface area contributed by atoms with E-state index in [0.717, 1.165) is 5.75 Å². The van der Waals surface area contributed by atoms with Crippen LogP contribution in [0.5, 0.6) is 0 Å². The molecule has 0 aliphatic carbocycles. The summed E-state index contributed by atoms with van der Waals surface area (Å²) in [6.45, 7) is 4.76. The predicted octanol–water partition coefficient (Wildman–Crippen LogP) is 3.96. The number of nitrogens with zero attached hydrogens (tertiary/aromatic N) is 3. The van der Waals surface area contributed by atoms with Crippen molar-refractivity contribution in [3.05, 3.63) is 74.8 Å². The van der Waals surface area contributed by atoms with Crippen LogP contribution in [0.15, 0.2) is 47.5 Å². The maximum absolute atomic E-state index is 12.8. The number of rotatable bonds is 4. The van der Waals surface area contributed by atoms with Gasteiger partial charge in [-0.2, -0.15) is 0 Å². The number of hydrogen-bond donors (Lipinski definition) is 0. The van der Waals surface area contributed by atoms with Gasteiger partial charge in [0.2, 0.25) is 0 Å². The van der Waals surface area contributed by atoms with E-state index in [1.165, 1.54) is 29.0 Å². The fraction of sp³-hybridized carbons (Fsp3) is 0.263. The first-order valence-corrected chi connectivity index (χ1v) is 9.24. The van der Waals surface area contributed by atoms with Crippen LogP contribution in [0.25, 0.3) is 0 Å². The van der Waals surface area contributed by atoms with Crippen molar-refractivity contribution in [3.8, 4) is 0 Å². The van der Waals surface area contributed by atoms with Gasteiger partial charge in [0.05, 0.1) is 11.5 Å². The lowest BCUT2D eigenvalue weighted by Gasteiger charge is -2.18. The molecular formula is C19H19N3O3S. The van der Waals surface area contributed by atoms with Gasteiger partial charge in [-0.05, 0) is 31.0 Å². The van der Waals surface area contributed by atoms with Crippen molar-refractivity contribution in [3.63, 3.8) is 0 Å². The Labute approximate surface area is 156 Å². The highest BCUT2D eigenvalue weighted by atomic mass is 32.2. The number of nitro groups is 1. The number of thioether (sulfide) groups is 1. The summed E-state index contributed by atoms with van der Waals surface area (Å²) in [5.74, 6) is 0.477. The van der Waals surface area contributed by atoms with Gasteiger partial charge < -0.3 is 0 Å². The SMILES string of the molecule is Cc1ccccc1CSC1=NCCN1C(=O)c1ccc(C)c([N+](=O)[O-])c1. The molecule has 1 aliphatic heterocycles. The third-order valence-electron chi connectivity index (χ3n) is 4.32. The molecule has 0 fully saturated rings. The molecule has 0 radical (unpaired) electrons. The quantitative estimate of drug-likeness (QED) is 0.604. The summed E-state index contributed by atoms with van der Waals surface area (Å²) in [5.41, 5.74) is 3.21. The summed E-state index contributed by atoms with van der Waals surface area (Å²) in [7, 11) is 0. The highest BCUT2D eigenvalue weighted by molar-refractivity contribution is 8.13. The average Bonchev–Trinajstić information content (AvgIpc) is 3.09. The van der Waals surface area contributed by atoms with E-state index in [4.69, 9.17) is 0 Å². The topological polar surface area (TPSA) is 75.8 Å². The van der Waals surface area contributed by atoms with Crippen LogP contribution in [0.3, 0.4) is 0 Å². The van der Waals surface area contributed by atoms with Crippen LogP contribution in [0.1, 0.15) is 27.0 Å². The first-order chi connectivity index (χ1) is 12.5. The minimum Gasteiger partial charge on any atom is -0.286 e. The minimum absolute atomic E-state index is 0.0406. The van der Waals surface area contributed by atoms with Crippen molar-refractivity contribution in [2.75, 3.05) is 13.1 Å². The van der Waals surface area contributed by atoms with E-state index < -0.39 is 4.92 Å². The average molecular weight is 369 g/mol. The van der Waals surface area contributed by atoms with E-state index in [9.17, 15) is 14.9 Å². The van der Waals surface area contributed by atoms with E-state index in [2.05, 4.69) is 24.0 Å². The van der Waals surface area contributed by atoms with Crippen molar-refractivity contribution in [1.29, 1.82) is 0 Å². The van der Waals surface area contributed by atoms with Gasteiger partial charge in [0.1, 0.15) is 0 Å². The van der Waals surface area contributed by atoms with Crippen LogP contribution < -0.4 is 0 Å². The third kappa shape index (κ3) is 3.77. The van der Waals surface area contributed by atoms with Crippen molar-refractivity contribution in [2.24, 2.45) is 4.99 Å². The second kappa shape index (κ2) is 7.70. The molecule has 0 unspecified atom stereocenters. The zero-order chi connectivity index (χ0) is 18.7. The van der Waals surface area contributed by atoms with Gasteiger partial charge >= 0.3 is 0 Å². The molecule has 0 N–H and O–H groups in total. The normalized spacial score (nSPS) is 13.6. The van der Waals surface area contributed by atoms with Crippen LogP contribution in [0, 0.1) is 24.0 Å². The number of amidine groups is 1. The lowest BCUT2D eigenvalue weighted by Crippen LogP contribution is -2.32. The first-order valence-electron chi connectivity index (χ1n) is 8.26. The molecule has 2 aromatic carbocycles. The largest absolute Gasteiger partial charge is 0.286 e. The fourth-order valence-electron chi connectivity index (χ4n) is 2.75. The van der Waals surface area contributed by atoms with Crippen LogP contribution >= 0.6 is 11.8 Å². The molecule has 2 aromatic rings. The van der Waals surface area contributed by atoms with E-state index in [0.29, 0.717) is 29.4 Å². The molecule has 1 amide bonds. The van der Waals surface area contributed by atoms with E-state index >= 15 is 0 Å². The summed E-state index contributed by atoms with van der Waals surface area (Å²) < 4.78 is 0. The Morgan fingerprint density at radius 1 is 1.23 bits per heavy atom. The highest BCUT2D eigenvalue weighted by Gasteiger charge is 2.26. The van der Waals surface area contributed by atoms with Crippen LogP contribution in [0.4, 0.5) is 5.69 Å². The zero-order valence-electron chi connectivity index (χ0n) is 14.6. The maximum Gasteiger partial charge on any atom is 0.273 e. The molecule has 6 nitrogen and oxygen atoms in total. The Morgan fingerprint density at radius 3 is 2.73 bits per heavy atom. The second-order valence-electron chi connectivity index (χ2n) is 6.09. The molecule has 1 heterocycles. The van der Waals surface area contributed by atoms with Gasteiger partial charge in [-0.1, -0.05) is 42.1 Å². The number of hydrogen-bond acceptors (Lipinski definition) is 5. The van der Waals surface area contributed by atoms with Crippen LogP contribution in [-0.2, 0) is 5.75 Å². The van der Waals surface area contributed by atoms with Gasteiger partial charge in [-0.25, -0.2) is 0 Å². The number of carbonyl (C=O) groups is 1. The molecule has 0 bridgehead atoms. The Kier molecular flexibility index (Phi) is 5.37. The summed E-state index contributed by atoms with van der Waals surface area (Å²) in [4.78, 5) is 29.5. The number of aliphatic imine (C=N–C) groups is 1. The number of benzene rings is 2. The lowest BCUT2D eigenvalue weighted by atomic mass is 10.1. The van der Waals surface area contributed by atoms with Gasteiger partial charge in [-0.3, -0.25) is 24.8 Å². The highest BCUT2D eigenvalue weighted by Crippen LogP contribution is 2.25. The molecule has 7 heteroatoms. The zero-order valence-corrected chi connectivity index (χ0v) is 15.5. The maximum atomic E-state index is 12.8. The molecule has 26 heavy (non-hydrogen) atoms. The Balaban J connectivity index is 1.75. The summed E-state index contributed by atoms with van der Waals surface area (Å²) in [5, 5.41) is 11.8. The molecular weight excluding hydrogens is 350 g/mol. The molecule has 0 atom stereocenters. The molecule has 1 aliphatic rings. The Bertz CT molecular complexity index is 895. The van der Waals surface area contributed by atoms with Gasteiger partial charge in [0.25, 0.3) is 11.6 Å². The van der Waals surface area contributed by atoms with Crippen molar-refractivity contribution in [1.82, 2.24) is 4.90 Å². The molecule has 0 saturated carbocycles. The predicted molar refractivity (Wildman–Crippen MR) is 104 cm³/mol. The summed E-state index contributed by atoms with van der Waals surface area (Å²) in [6, 6.07) is 12.7.